The van der Waals surface area contributed by atoms with E-state index in [1.165, 1.54) is 7.11 Å². The number of nitrogens with two attached hydrogens (primary N) is 1. The monoisotopic (exact) mass is 309 g/mol. The Morgan fingerprint density at radius 1 is 0.913 bits per heavy atom. The first-order chi connectivity index (χ1) is 11.2. The highest BCUT2D eigenvalue weighted by molar-refractivity contribution is 5.82. The van der Waals surface area contributed by atoms with Gasteiger partial charge in [0.15, 0.2) is 0 Å². The Morgan fingerprint density at radius 3 is 2.43 bits per heavy atom. The summed E-state index contributed by atoms with van der Waals surface area (Å²) in [5, 5.41) is 8.14. The minimum Gasteiger partial charge on any atom is -0.496 e. The van der Waals surface area contributed by atoms with E-state index in [2.05, 4.69) is 20.2 Å². The molecule has 2 aromatic heterocycles. The van der Waals surface area contributed by atoms with E-state index >= 15 is 0 Å². The fourth-order valence-corrected chi connectivity index (χ4v) is 2.20. The van der Waals surface area contributed by atoms with Gasteiger partial charge in [-0.25, -0.2) is 9.97 Å². The Hall–Kier alpha value is -3.22. The number of ether oxygens (including phenoxy) is 2. The molecule has 116 valence electrons. The molecule has 0 saturated carbocycles. The van der Waals surface area contributed by atoms with Crippen molar-refractivity contribution in [1.82, 2.24) is 20.2 Å². The second kappa shape index (κ2) is 6.27. The molecule has 0 fully saturated rings. The Bertz CT molecular complexity index is 821. The van der Waals surface area contributed by atoms with E-state index in [1.807, 2.05) is 24.3 Å². The molecule has 7 nitrogen and oxygen atoms in total. The van der Waals surface area contributed by atoms with Crippen molar-refractivity contribution in [1.29, 1.82) is 0 Å². The fourth-order valence-electron chi connectivity index (χ4n) is 2.20. The second-order valence-electron chi connectivity index (χ2n) is 4.65. The maximum absolute atomic E-state index is 5.76. The van der Waals surface area contributed by atoms with Gasteiger partial charge in [0.1, 0.15) is 5.75 Å². The number of hydrogen-bond donors (Lipinski definition) is 1. The fraction of sp³-hybridized carbons (Fsp3) is 0.125. The summed E-state index contributed by atoms with van der Waals surface area (Å²) < 4.78 is 10.4. The van der Waals surface area contributed by atoms with Crippen LogP contribution in [0.15, 0.2) is 42.6 Å². The van der Waals surface area contributed by atoms with Crippen LogP contribution in [0.5, 0.6) is 11.6 Å². The Labute approximate surface area is 133 Å². The summed E-state index contributed by atoms with van der Waals surface area (Å²) in [4.78, 5) is 8.43. The zero-order valence-corrected chi connectivity index (χ0v) is 12.7. The summed E-state index contributed by atoms with van der Waals surface area (Å²) in [5.41, 5.74) is 8.52. The normalized spacial score (nSPS) is 10.3. The molecule has 0 radical (unpaired) electrons. The molecule has 23 heavy (non-hydrogen) atoms. The van der Waals surface area contributed by atoms with Gasteiger partial charge in [0.25, 0.3) is 0 Å². The Balaban J connectivity index is 2.18. The molecule has 0 amide bonds. The van der Waals surface area contributed by atoms with Crippen molar-refractivity contribution in [3.8, 4) is 34.1 Å². The van der Waals surface area contributed by atoms with E-state index in [0.29, 0.717) is 28.6 Å². The summed E-state index contributed by atoms with van der Waals surface area (Å²) >= 11 is 0. The summed E-state index contributed by atoms with van der Waals surface area (Å²) in [7, 11) is 3.15. The third kappa shape index (κ3) is 2.89. The van der Waals surface area contributed by atoms with Gasteiger partial charge in [-0.05, 0) is 18.2 Å². The number of rotatable bonds is 4. The topological polar surface area (TPSA) is 96.0 Å². The number of nitrogen functional groups attached to an aromatic ring is 1. The molecule has 0 aliphatic carbocycles. The van der Waals surface area contributed by atoms with Crippen molar-refractivity contribution in [3.63, 3.8) is 0 Å². The molecule has 2 N–H and O–H groups in total. The van der Waals surface area contributed by atoms with Gasteiger partial charge in [0.05, 0.1) is 25.6 Å². The van der Waals surface area contributed by atoms with E-state index in [9.17, 15) is 0 Å². The number of benzene rings is 1. The Kier molecular flexibility index (Phi) is 4.01. The number of anilines is 1. The van der Waals surface area contributed by atoms with Crippen LogP contribution < -0.4 is 15.2 Å². The molecule has 7 heteroatoms. The van der Waals surface area contributed by atoms with E-state index in [0.717, 1.165) is 5.56 Å². The first kappa shape index (κ1) is 14.7. The van der Waals surface area contributed by atoms with Gasteiger partial charge >= 0.3 is 0 Å². The first-order valence-electron chi connectivity index (χ1n) is 6.87. The molecule has 3 rings (SSSR count). The molecule has 0 unspecified atom stereocenters. The van der Waals surface area contributed by atoms with Crippen molar-refractivity contribution >= 4 is 5.95 Å². The molecule has 1 aromatic carbocycles. The summed E-state index contributed by atoms with van der Waals surface area (Å²) in [6, 6.07) is 11.1. The van der Waals surface area contributed by atoms with Crippen LogP contribution in [0.1, 0.15) is 0 Å². The highest BCUT2D eigenvalue weighted by atomic mass is 16.5. The molecule has 0 bridgehead atoms. The zero-order valence-electron chi connectivity index (χ0n) is 12.7. The SMILES string of the molecule is COc1ccc(-c2cnc(N)nc2-c2ccccc2OC)nn1. The van der Waals surface area contributed by atoms with Crippen LogP contribution in [0.2, 0.25) is 0 Å². The van der Waals surface area contributed by atoms with E-state index < -0.39 is 0 Å². The lowest BCUT2D eigenvalue weighted by molar-refractivity contribution is 0.392. The average Bonchev–Trinajstić information content (AvgIpc) is 2.61. The van der Waals surface area contributed by atoms with Crippen molar-refractivity contribution in [2.75, 3.05) is 20.0 Å². The van der Waals surface area contributed by atoms with E-state index in [4.69, 9.17) is 15.2 Å². The number of para-hydroxylation sites is 1. The third-order valence-electron chi connectivity index (χ3n) is 3.29. The minimum atomic E-state index is 0.177. The average molecular weight is 309 g/mol. The standard InChI is InChI=1S/C16H15N5O2/c1-22-13-6-4-3-5-10(13)15-11(9-18-16(17)19-15)12-7-8-14(23-2)21-20-12/h3-9H,1-2H3,(H2,17,18,19). The smallest absolute Gasteiger partial charge is 0.233 e. The molecule has 0 aliphatic rings. The van der Waals surface area contributed by atoms with Gasteiger partial charge in [-0.2, -0.15) is 0 Å². The van der Waals surface area contributed by atoms with Crippen LogP contribution in [-0.4, -0.2) is 34.4 Å². The van der Waals surface area contributed by atoms with Gasteiger partial charge in [0, 0.05) is 23.4 Å². The zero-order chi connectivity index (χ0) is 16.2. The van der Waals surface area contributed by atoms with Gasteiger partial charge in [-0.15, -0.1) is 10.2 Å². The second-order valence-corrected chi connectivity index (χ2v) is 4.65. The Morgan fingerprint density at radius 2 is 1.74 bits per heavy atom. The van der Waals surface area contributed by atoms with Crippen molar-refractivity contribution < 1.29 is 9.47 Å². The molecule has 0 atom stereocenters. The van der Waals surface area contributed by atoms with Gasteiger partial charge < -0.3 is 15.2 Å². The van der Waals surface area contributed by atoms with E-state index in [-0.39, 0.29) is 5.95 Å². The lowest BCUT2D eigenvalue weighted by Gasteiger charge is -2.12. The predicted octanol–water partition coefficient (Wildman–Crippen LogP) is 2.20. The van der Waals surface area contributed by atoms with Crippen molar-refractivity contribution in [2.45, 2.75) is 0 Å². The first-order valence-corrected chi connectivity index (χ1v) is 6.87. The number of hydrogen-bond acceptors (Lipinski definition) is 7. The van der Waals surface area contributed by atoms with Crippen molar-refractivity contribution in [3.05, 3.63) is 42.6 Å². The maximum atomic E-state index is 5.76. The van der Waals surface area contributed by atoms with Crippen molar-refractivity contribution in [2.24, 2.45) is 0 Å². The van der Waals surface area contributed by atoms with Crippen LogP contribution in [0.3, 0.4) is 0 Å². The molecule has 0 saturated heterocycles. The van der Waals surface area contributed by atoms with Crippen LogP contribution >= 0.6 is 0 Å². The molecular formula is C16H15N5O2. The van der Waals surface area contributed by atoms with Crippen LogP contribution in [-0.2, 0) is 0 Å². The summed E-state index contributed by atoms with van der Waals surface area (Å²) in [6.07, 6.45) is 1.63. The number of nitrogens with zero attached hydrogens (tertiary/aromatic N) is 4. The predicted molar refractivity (Wildman–Crippen MR) is 86.0 cm³/mol. The van der Waals surface area contributed by atoms with Gasteiger partial charge in [0.2, 0.25) is 11.8 Å². The molecule has 0 aliphatic heterocycles. The third-order valence-corrected chi connectivity index (χ3v) is 3.29. The van der Waals surface area contributed by atoms with E-state index in [1.54, 1.807) is 25.4 Å². The van der Waals surface area contributed by atoms with Crippen LogP contribution in [0.4, 0.5) is 5.95 Å². The van der Waals surface area contributed by atoms with Gasteiger partial charge in [-0.3, -0.25) is 0 Å². The van der Waals surface area contributed by atoms with Crippen LogP contribution in [0.25, 0.3) is 22.5 Å². The largest absolute Gasteiger partial charge is 0.496 e. The molecular weight excluding hydrogens is 294 g/mol. The minimum absolute atomic E-state index is 0.177. The highest BCUT2D eigenvalue weighted by Crippen LogP contribution is 2.35. The number of methoxy groups -OCH3 is 2. The maximum Gasteiger partial charge on any atom is 0.233 e. The van der Waals surface area contributed by atoms with Gasteiger partial charge in [-0.1, -0.05) is 12.1 Å². The van der Waals surface area contributed by atoms with Crippen LogP contribution in [0, 0.1) is 0 Å². The number of aromatic nitrogens is 4. The highest BCUT2D eigenvalue weighted by Gasteiger charge is 2.15. The quantitative estimate of drug-likeness (QED) is 0.789. The summed E-state index contributed by atoms with van der Waals surface area (Å²) in [5.74, 6) is 1.30. The lowest BCUT2D eigenvalue weighted by Crippen LogP contribution is -2.01. The molecule has 2 heterocycles. The lowest BCUT2D eigenvalue weighted by atomic mass is 10.0. The summed E-state index contributed by atoms with van der Waals surface area (Å²) in [6.45, 7) is 0. The molecule has 0 spiro atoms. The molecule has 3 aromatic rings.